The fourth-order valence-corrected chi connectivity index (χ4v) is 2.63. The van der Waals surface area contributed by atoms with Gasteiger partial charge in [0.15, 0.2) is 0 Å². The highest BCUT2D eigenvalue weighted by atomic mass is 16.2. The first-order valence-corrected chi connectivity index (χ1v) is 5.89. The fourth-order valence-electron chi connectivity index (χ4n) is 2.63. The molecule has 0 N–H and O–H groups in total. The zero-order valence-electron chi connectivity index (χ0n) is 9.89. The first-order valence-electron chi connectivity index (χ1n) is 5.89. The molecule has 2 unspecified atom stereocenters. The van der Waals surface area contributed by atoms with E-state index in [-0.39, 0.29) is 11.9 Å². The van der Waals surface area contributed by atoms with Crippen molar-refractivity contribution in [2.75, 3.05) is 7.05 Å². The third-order valence-electron chi connectivity index (χ3n) is 3.38. The molecule has 0 bridgehead atoms. The summed E-state index contributed by atoms with van der Waals surface area (Å²) in [6.07, 6.45) is 6.57. The molecule has 1 fully saturated rings. The lowest BCUT2D eigenvalue weighted by molar-refractivity contribution is -0.127. The van der Waals surface area contributed by atoms with Crippen LogP contribution in [0.1, 0.15) is 37.8 Å². The molecule has 86 valence electrons. The molecule has 2 heterocycles. The molecule has 0 radical (unpaired) electrons. The molecule has 1 aliphatic rings. The molecule has 0 saturated carbocycles. The Labute approximate surface area is 96.5 Å². The summed E-state index contributed by atoms with van der Waals surface area (Å²) in [6, 6.07) is 4.23. The minimum absolute atomic E-state index is 0.223. The third kappa shape index (κ3) is 1.94. The molecule has 3 heteroatoms. The summed E-state index contributed by atoms with van der Waals surface area (Å²) < 4.78 is 0. The molecule has 0 spiro atoms. The minimum Gasteiger partial charge on any atom is -0.338 e. The molecular weight excluding hydrogens is 200 g/mol. The Morgan fingerprint density at radius 2 is 2.38 bits per heavy atom. The fraction of sp³-hybridized carbons (Fsp3) is 0.538. The Morgan fingerprint density at radius 3 is 3.00 bits per heavy atom. The summed E-state index contributed by atoms with van der Waals surface area (Å²) in [5, 5.41) is 0. The van der Waals surface area contributed by atoms with Crippen LogP contribution < -0.4 is 0 Å². The van der Waals surface area contributed by atoms with Gasteiger partial charge < -0.3 is 4.90 Å². The second kappa shape index (κ2) is 4.64. The quantitative estimate of drug-likeness (QED) is 0.780. The van der Waals surface area contributed by atoms with Crippen LogP contribution in [0, 0.1) is 5.92 Å². The van der Waals surface area contributed by atoms with Crippen molar-refractivity contribution in [1.29, 1.82) is 0 Å². The Hall–Kier alpha value is -1.38. The Morgan fingerprint density at radius 1 is 1.56 bits per heavy atom. The number of pyridine rings is 1. The van der Waals surface area contributed by atoms with Gasteiger partial charge in [-0.05, 0) is 24.0 Å². The van der Waals surface area contributed by atoms with Gasteiger partial charge in [0.1, 0.15) is 0 Å². The standard InChI is InChI=1S/C13H18N2O/c1-3-5-10-8-12(16)15(2)13(10)11-6-4-7-14-9-11/h4,6-7,9-10,13H,3,5,8H2,1-2H3. The molecule has 2 atom stereocenters. The number of nitrogens with zero attached hydrogens (tertiary/aromatic N) is 2. The van der Waals surface area contributed by atoms with Gasteiger partial charge in [0, 0.05) is 25.9 Å². The molecule has 16 heavy (non-hydrogen) atoms. The zero-order valence-corrected chi connectivity index (χ0v) is 9.89. The molecule has 0 aliphatic carbocycles. The molecule has 0 aromatic carbocycles. The average Bonchev–Trinajstić information content (AvgIpc) is 2.57. The number of amides is 1. The molecule has 1 saturated heterocycles. The summed E-state index contributed by atoms with van der Waals surface area (Å²) in [5.41, 5.74) is 1.16. The number of carbonyl (C=O) groups excluding carboxylic acids is 1. The SMILES string of the molecule is CCCC1CC(=O)N(C)C1c1cccnc1. The Balaban J connectivity index is 2.26. The van der Waals surface area contributed by atoms with Gasteiger partial charge >= 0.3 is 0 Å². The molecule has 1 aromatic rings. The van der Waals surface area contributed by atoms with Crippen LogP contribution in [0.4, 0.5) is 0 Å². The van der Waals surface area contributed by atoms with Crippen LogP contribution in [-0.4, -0.2) is 22.8 Å². The lowest BCUT2D eigenvalue weighted by Gasteiger charge is -2.24. The van der Waals surface area contributed by atoms with Gasteiger partial charge in [-0.15, -0.1) is 0 Å². The van der Waals surface area contributed by atoms with Gasteiger partial charge in [0.05, 0.1) is 6.04 Å². The second-order valence-corrected chi connectivity index (χ2v) is 4.49. The van der Waals surface area contributed by atoms with Crippen LogP contribution in [0.15, 0.2) is 24.5 Å². The number of aromatic nitrogens is 1. The molecule has 1 amide bonds. The van der Waals surface area contributed by atoms with E-state index in [9.17, 15) is 4.79 Å². The summed E-state index contributed by atoms with van der Waals surface area (Å²) in [7, 11) is 1.90. The van der Waals surface area contributed by atoms with Crippen molar-refractivity contribution in [3.05, 3.63) is 30.1 Å². The van der Waals surface area contributed by atoms with E-state index in [2.05, 4.69) is 18.0 Å². The largest absolute Gasteiger partial charge is 0.338 e. The highest BCUT2D eigenvalue weighted by molar-refractivity contribution is 5.79. The normalized spacial score (nSPS) is 25.1. The molecule has 1 aromatic heterocycles. The summed E-state index contributed by atoms with van der Waals surface area (Å²) in [5.74, 6) is 0.707. The zero-order chi connectivity index (χ0) is 11.5. The van der Waals surface area contributed by atoms with Gasteiger partial charge in [0.25, 0.3) is 0 Å². The van der Waals surface area contributed by atoms with Crippen LogP contribution in [0.2, 0.25) is 0 Å². The van der Waals surface area contributed by atoms with Crippen LogP contribution in [0.3, 0.4) is 0 Å². The third-order valence-corrected chi connectivity index (χ3v) is 3.38. The van der Waals surface area contributed by atoms with Crippen molar-refractivity contribution >= 4 is 5.91 Å². The van der Waals surface area contributed by atoms with E-state index in [1.807, 2.05) is 24.2 Å². The van der Waals surface area contributed by atoms with Gasteiger partial charge in [-0.3, -0.25) is 9.78 Å². The molecule has 1 aliphatic heterocycles. The number of hydrogen-bond donors (Lipinski definition) is 0. The van der Waals surface area contributed by atoms with Crippen LogP contribution in [0.5, 0.6) is 0 Å². The highest BCUT2D eigenvalue weighted by Gasteiger charge is 2.37. The lowest BCUT2D eigenvalue weighted by atomic mass is 9.91. The maximum atomic E-state index is 11.7. The van der Waals surface area contributed by atoms with E-state index in [0.29, 0.717) is 12.3 Å². The topological polar surface area (TPSA) is 33.2 Å². The van der Waals surface area contributed by atoms with E-state index in [0.717, 1.165) is 18.4 Å². The van der Waals surface area contributed by atoms with Gasteiger partial charge in [0.2, 0.25) is 5.91 Å². The molecule has 3 nitrogen and oxygen atoms in total. The van der Waals surface area contributed by atoms with Crippen LogP contribution in [0.25, 0.3) is 0 Å². The highest BCUT2D eigenvalue weighted by Crippen LogP contribution is 2.38. The second-order valence-electron chi connectivity index (χ2n) is 4.49. The van der Waals surface area contributed by atoms with Crippen molar-refractivity contribution < 1.29 is 4.79 Å². The number of hydrogen-bond acceptors (Lipinski definition) is 2. The monoisotopic (exact) mass is 218 g/mol. The summed E-state index contributed by atoms with van der Waals surface area (Å²) >= 11 is 0. The van der Waals surface area contributed by atoms with Crippen molar-refractivity contribution in [3.63, 3.8) is 0 Å². The van der Waals surface area contributed by atoms with E-state index in [4.69, 9.17) is 0 Å². The van der Waals surface area contributed by atoms with Crippen LogP contribution >= 0.6 is 0 Å². The van der Waals surface area contributed by atoms with Crippen molar-refractivity contribution in [2.24, 2.45) is 5.92 Å². The van der Waals surface area contributed by atoms with E-state index >= 15 is 0 Å². The number of rotatable bonds is 3. The maximum Gasteiger partial charge on any atom is 0.223 e. The Kier molecular flexibility index (Phi) is 3.22. The van der Waals surface area contributed by atoms with Gasteiger partial charge in [-0.2, -0.15) is 0 Å². The smallest absolute Gasteiger partial charge is 0.223 e. The van der Waals surface area contributed by atoms with Gasteiger partial charge in [-0.1, -0.05) is 19.4 Å². The lowest BCUT2D eigenvalue weighted by Crippen LogP contribution is -2.24. The van der Waals surface area contributed by atoms with Crippen molar-refractivity contribution in [1.82, 2.24) is 9.88 Å². The van der Waals surface area contributed by atoms with E-state index in [1.54, 1.807) is 6.20 Å². The number of carbonyl (C=O) groups is 1. The summed E-state index contributed by atoms with van der Waals surface area (Å²) in [4.78, 5) is 17.8. The maximum absolute atomic E-state index is 11.7. The Bertz CT molecular complexity index is 363. The van der Waals surface area contributed by atoms with E-state index in [1.165, 1.54) is 0 Å². The average molecular weight is 218 g/mol. The van der Waals surface area contributed by atoms with Crippen molar-refractivity contribution in [3.8, 4) is 0 Å². The molecule has 2 rings (SSSR count). The molecular formula is C13H18N2O. The van der Waals surface area contributed by atoms with Crippen molar-refractivity contribution in [2.45, 2.75) is 32.2 Å². The first kappa shape index (κ1) is 11.1. The minimum atomic E-state index is 0.223. The predicted octanol–water partition coefficient (Wildman–Crippen LogP) is 2.40. The van der Waals surface area contributed by atoms with E-state index < -0.39 is 0 Å². The van der Waals surface area contributed by atoms with Gasteiger partial charge in [-0.25, -0.2) is 0 Å². The summed E-state index contributed by atoms with van der Waals surface area (Å²) in [6.45, 7) is 2.17. The number of likely N-dealkylation sites (tertiary alicyclic amines) is 1. The van der Waals surface area contributed by atoms with Crippen LogP contribution in [-0.2, 0) is 4.79 Å². The first-order chi connectivity index (χ1) is 7.74. The predicted molar refractivity (Wildman–Crippen MR) is 62.8 cm³/mol.